The number of amides is 2. The molecule has 9 nitrogen and oxygen atoms in total. The van der Waals surface area contributed by atoms with Crippen LogP contribution in [0.15, 0.2) is 47.5 Å². The lowest BCUT2D eigenvalue weighted by atomic mass is 10.1. The van der Waals surface area contributed by atoms with Crippen molar-refractivity contribution in [1.82, 2.24) is 24.1 Å². The Labute approximate surface area is 210 Å². The third-order valence-corrected chi connectivity index (χ3v) is 7.06. The van der Waals surface area contributed by atoms with Gasteiger partial charge in [0.2, 0.25) is 5.91 Å². The standard InChI is InChI=1S/C27H33N5O4/c1-2-3-11-24(33)30-12-14-31(15-13-30)26(34)22-18-29(17-21-10-7-16-36-21)19-23-25(22)28-32(27(23)35)20-8-5-4-6-9-20/h4-6,8-9,18-19,21H,2-3,7,10-17H2,1H3/t21-/m0/s1. The van der Waals surface area contributed by atoms with Crippen LogP contribution in [0.5, 0.6) is 0 Å². The van der Waals surface area contributed by atoms with Crippen LogP contribution in [-0.2, 0) is 16.1 Å². The maximum atomic E-state index is 13.7. The lowest BCUT2D eigenvalue weighted by Gasteiger charge is -2.35. The molecule has 0 spiro atoms. The number of rotatable bonds is 7. The molecule has 36 heavy (non-hydrogen) atoms. The molecule has 4 heterocycles. The van der Waals surface area contributed by atoms with Gasteiger partial charge in [0.15, 0.2) is 0 Å². The van der Waals surface area contributed by atoms with E-state index in [4.69, 9.17) is 4.74 Å². The van der Waals surface area contributed by atoms with Crippen LogP contribution in [0, 0.1) is 0 Å². The number of hydrogen-bond donors (Lipinski definition) is 0. The van der Waals surface area contributed by atoms with Gasteiger partial charge in [-0.25, -0.2) is 0 Å². The highest BCUT2D eigenvalue weighted by atomic mass is 16.5. The molecule has 190 valence electrons. The number of nitrogens with zero attached hydrogens (tertiary/aromatic N) is 5. The zero-order valence-electron chi connectivity index (χ0n) is 20.8. The summed E-state index contributed by atoms with van der Waals surface area (Å²) in [7, 11) is 0. The Morgan fingerprint density at radius 1 is 1.06 bits per heavy atom. The zero-order valence-corrected chi connectivity index (χ0v) is 20.8. The molecule has 0 radical (unpaired) electrons. The molecule has 0 aliphatic carbocycles. The van der Waals surface area contributed by atoms with Crippen molar-refractivity contribution in [1.29, 1.82) is 0 Å². The van der Waals surface area contributed by atoms with E-state index in [-0.39, 0.29) is 23.5 Å². The van der Waals surface area contributed by atoms with Gasteiger partial charge < -0.3 is 19.1 Å². The molecule has 4 aliphatic heterocycles. The van der Waals surface area contributed by atoms with E-state index in [1.807, 2.05) is 39.8 Å². The van der Waals surface area contributed by atoms with Crippen LogP contribution in [-0.4, -0.2) is 74.9 Å². The molecular weight excluding hydrogens is 458 g/mol. The predicted molar refractivity (Wildman–Crippen MR) is 135 cm³/mol. The highest BCUT2D eigenvalue weighted by Crippen LogP contribution is 2.25. The average molecular weight is 492 g/mol. The molecule has 9 heteroatoms. The lowest BCUT2D eigenvalue weighted by molar-refractivity contribution is -0.132. The van der Waals surface area contributed by atoms with Crippen LogP contribution in [0.3, 0.4) is 0 Å². The van der Waals surface area contributed by atoms with Crippen LogP contribution in [0.4, 0.5) is 0 Å². The van der Waals surface area contributed by atoms with E-state index in [2.05, 4.69) is 12.0 Å². The van der Waals surface area contributed by atoms with Gasteiger partial charge in [0.05, 0.1) is 22.9 Å². The van der Waals surface area contributed by atoms with Crippen molar-refractivity contribution in [3.05, 3.63) is 58.6 Å². The van der Waals surface area contributed by atoms with Crippen LogP contribution in [0.2, 0.25) is 0 Å². The van der Waals surface area contributed by atoms with Crippen molar-refractivity contribution in [3.63, 3.8) is 0 Å². The summed E-state index contributed by atoms with van der Waals surface area (Å²) in [6.07, 6.45) is 8.03. The van der Waals surface area contributed by atoms with Crippen molar-refractivity contribution in [3.8, 4) is 16.9 Å². The van der Waals surface area contributed by atoms with E-state index in [9.17, 15) is 14.4 Å². The summed E-state index contributed by atoms with van der Waals surface area (Å²) in [4.78, 5) is 43.1. The highest BCUT2D eigenvalue weighted by molar-refractivity contribution is 6.00. The molecule has 5 rings (SSSR count). The van der Waals surface area contributed by atoms with Gasteiger partial charge in [-0.15, -0.1) is 0 Å². The fraction of sp³-hybridized carbons (Fsp3) is 0.481. The van der Waals surface area contributed by atoms with Crippen molar-refractivity contribution < 1.29 is 14.3 Å². The monoisotopic (exact) mass is 491 g/mol. The third-order valence-electron chi connectivity index (χ3n) is 7.06. The van der Waals surface area contributed by atoms with Crippen molar-refractivity contribution >= 4 is 11.8 Å². The van der Waals surface area contributed by atoms with Crippen molar-refractivity contribution in [2.45, 2.75) is 51.7 Å². The minimum atomic E-state index is -0.252. The Balaban J connectivity index is 1.45. The van der Waals surface area contributed by atoms with Gasteiger partial charge >= 0.3 is 0 Å². The summed E-state index contributed by atoms with van der Waals surface area (Å²) in [6.45, 7) is 5.34. The van der Waals surface area contributed by atoms with E-state index >= 15 is 0 Å². The van der Waals surface area contributed by atoms with Gasteiger partial charge in [0, 0.05) is 58.1 Å². The molecule has 1 atom stereocenters. The van der Waals surface area contributed by atoms with Gasteiger partial charge in [-0.05, 0) is 31.4 Å². The number of carbonyl (C=O) groups excluding carboxylic acids is 2. The zero-order chi connectivity index (χ0) is 25.1. The molecule has 2 fully saturated rings. The highest BCUT2D eigenvalue weighted by Gasteiger charge is 2.30. The second-order valence-electron chi connectivity index (χ2n) is 9.60. The minimum absolute atomic E-state index is 0.0624. The van der Waals surface area contributed by atoms with E-state index in [1.165, 1.54) is 4.68 Å². The Kier molecular flexibility index (Phi) is 7.18. The van der Waals surface area contributed by atoms with Crippen LogP contribution in [0.1, 0.15) is 49.4 Å². The molecule has 0 N–H and O–H groups in total. The van der Waals surface area contributed by atoms with Gasteiger partial charge in [-0.1, -0.05) is 31.5 Å². The number of hydrogen-bond acceptors (Lipinski definition) is 5. The maximum Gasteiger partial charge on any atom is 0.282 e. The van der Waals surface area contributed by atoms with Gasteiger partial charge in [0.1, 0.15) is 5.69 Å². The molecule has 0 aromatic heterocycles. The summed E-state index contributed by atoms with van der Waals surface area (Å²) in [6, 6.07) is 9.24. The Morgan fingerprint density at radius 2 is 1.81 bits per heavy atom. The number of pyridine rings is 1. The number of unbranched alkanes of at least 4 members (excludes halogenated alkanes) is 1. The molecular formula is C27H33N5O4. The summed E-state index contributed by atoms with van der Waals surface area (Å²) in [5.41, 5.74) is 1.62. The predicted octanol–water partition coefficient (Wildman–Crippen LogP) is 2.79. The summed E-state index contributed by atoms with van der Waals surface area (Å²) < 4.78 is 9.06. The second kappa shape index (κ2) is 10.7. The van der Waals surface area contributed by atoms with E-state index in [0.717, 1.165) is 32.3 Å². The van der Waals surface area contributed by atoms with Gasteiger partial charge in [0.25, 0.3) is 11.5 Å². The van der Waals surface area contributed by atoms with E-state index in [0.29, 0.717) is 61.7 Å². The smallest absolute Gasteiger partial charge is 0.282 e. The van der Waals surface area contributed by atoms with Crippen LogP contribution in [0.25, 0.3) is 16.9 Å². The molecule has 1 aromatic carbocycles. The SMILES string of the molecule is CCCCC(=O)N1CCN(C(=O)c2cn(C[C@@H]3CCCO3)cc3c(=O)n(-c4ccccc4)nc2-3)CC1. The molecule has 0 unspecified atom stereocenters. The number of aromatic nitrogens is 3. The molecule has 4 aliphatic rings. The number of ether oxygens (including phenoxy) is 1. The number of benzene rings is 1. The average Bonchev–Trinajstić information content (AvgIpc) is 3.55. The first-order valence-electron chi connectivity index (χ1n) is 12.9. The normalized spacial score (nSPS) is 18.2. The first kappa shape index (κ1) is 24.2. The largest absolute Gasteiger partial charge is 0.376 e. The fourth-order valence-electron chi connectivity index (χ4n) is 5.01. The summed E-state index contributed by atoms with van der Waals surface area (Å²) in [5, 5.41) is 4.60. The number of para-hydroxylation sites is 1. The van der Waals surface area contributed by atoms with E-state index in [1.54, 1.807) is 17.3 Å². The first-order valence-corrected chi connectivity index (χ1v) is 12.9. The third kappa shape index (κ3) is 4.93. The molecule has 0 saturated carbocycles. The molecule has 2 saturated heterocycles. The minimum Gasteiger partial charge on any atom is -0.376 e. The summed E-state index contributed by atoms with van der Waals surface area (Å²) >= 11 is 0. The molecule has 2 amide bonds. The number of fused-ring (bicyclic) bond motifs is 1. The van der Waals surface area contributed by atoms with Gasteiger partial charge in [-0.2, -0.15) is 9.78 Å². The maximum absolute atomic E-state index is 13.7. The fourth-order valence-corrected chi connectivity index (χ4v) is 5.01. The Bertz CT molecular complexity index is 1240. The molecule has 0 bridgehead atoms. The van der Waals surface area contributed by atoms with Crippen molar-refractivity contribution in [2.75, 3.05) is 32.8 Å². The summed E-state index contributed by atoms with van der Waals surface area (Å²) in [5.74, 6) is -0.0156. The quantitative estimate of drug-likeness (QED) is 0.507. The number of piperazine rings is 1. The second-order valence-corrected chi connectivity index (χ2v) is 9.60. The number of carbonyl (C=O) groups is 2. The molecule has 1 aromatic rings. The Hall–Kier alpha value is -3.46. The lowest BCUT2D eigenvalue weighted by Crippen LogP contribution is -2.50. The van der Waals surface area contributed by atoms with Crippen LogP contribution < -0.4 is 5.56 Å². The Morgan fingerprint density at radius 3 is 2.50 bits per heavy atom. The van der Waals surface area contributed by atoms with Gasteiger partial charge in [-0.3, -0.25) is 14.4 Å². The van der Waals surface area contributed by atoms with E-state index < -0.39 is 0 Å². The first-order chi connectivity index (χ1) is 17.5. The van der Waals surface area contributed by atoms with Crippen molar-refractivity contribution in [2.24, 2.45) is 0 Å². The topological polar surface area (TPSA) is 89.7 Å². The van der Waals surface area contributed by atoms with Crippen LogP contribution >= 0.6 is 0 Å².